The van der Waals surface area contributed by atoms with Crippen molar-refractivity contribution in [1.82, 2.24) is 10.3 Å². The number of anilines is 1. The molecule has 1 aromatic carbocycles. The lowest BCUT2D eigenvalue weighted by atomic mass is 10.2. The summed E-state index contributed by atoms with van der Waals surface area (Å²) >= 11 is 9.12. The van der Waals surface area contributed by atoms with Gasteiger partial charge in [-0.3, -0.25) is 14.4 Å². The Morgan fingerprint density at radius 2 is 1.92 bits per heavy atom. The van der Waals surface area contributed by atoms with Crippen LogP contribution in [-0.4, -0.2) is 35.4 Å². The first-order chi connectivity index (χ1) is 12.4. The topological polar surface area (TPSA) is 97.4 Å². The molecule has 2 aromatic rings. The highest BCUT2D eigenvalue weighted by Gasteiger charge is 2.19. The summed E-state index contributed by atoms with van der Waals surface area (Å²) in [5, 5.41) is 5.06. The van der Waals surface area contributed by atoms with Crippen LogP contribution in [0.4, 0.5) is 5.69 Å². The van der Waals surface area contributed by atoms with Gasteiger partial charge >= 0.3 is 5.97 Å². The predicted molar refractivity (Wildman–Crippen MR) is 99.9 cm³/mol. The van der Waals surface area contributed by atoms with E-state index in [9.17, 15) is 14.4 Å². The zero-order chi connectivity index (χ0) is 19.1. The summed E-state index contributed by atoms with van der Waals surface area (Å²) in [7, 11) is 0. The van der Waals surface area contributed by atoms with Gasteiger partial charge in [-0.15, -0.1) is 0 Å². The fourth-order valence-electron chi connectivity index (χ4n) is 1.86. The molecule has 0 aliphatic heterocycles. The molecule has 2 N–H and O–H groups in total. The summed E-state index contributed by atoms with van der Waals surface area (Å²) in [4.78, 5) is 39.6. The van der Waals surface area contributed by atoms with E-state index in [1.165, 1.54) is 13.1 Å². The quantitative estimate of drug-likeness (QED) is 0.532. The van der Waals surface area contributed by atoms with Gasteiger partial charge in [-0.25, -0.2) is 4.98 Å². The summed E-state index contributed by atoms with van der Waals surface area (Å²) in [6, 6.07) is 9.82. The van der Waals surface area contributed by atoms with E-state index in [1.54, 1.807) is 36.4 Å². The summed E-state index contributed by atoms with van der Waals surface area (Å²) in [5.41, 5.74) is 0.712. The fraction of sp³-hybridized carbons (Fsp3) is 0.176. The molecular formula is C17H15BrClN3O4. The highest BCUT2D eigenvalue weighted by molar-refractivity contribution is 9.10. The normalized spacial score (nSPS) is 11.3. The van der Waals surface area contributed by atoms with E-state index in [-0.39, 0.29) is 11.7 Å². The van der Waals surface area contributed by atoms with E-state index in [1.807, 2.05) is 0 Å². The van der Waals surface area contributed by atoms with Gasteiger partial charge in [0.15, 0.2) is 11.3 Å². The number of esters is 1. The Labute approximate surface area is 163 Å². The van der Waals surface area contributed by atoms with Crippen molar-refractivity contribution in [3.63, 3.8) is 0 Å². The van der Waals surface area contributed by atoms with E-state index >= 15 is 0 Å². The SMILES string of the molecule is CC(OC(=O)CNC(=O)c1ccc(Br)cc1)C(=O)Nc1cccnc1Cl. The lowest BCUT2D eigenvalue weighted by Crippen LogP contribution is -2.35. The number of halogens is 2. The minimum atomic E-state index is -1.07. The Balaban J connectivity index is 1.81. The van der Waals surface area contributed by atoms with E-state index in [2.05, 4.69) is 31.5 Å². The van der Waals surface area contributed by atoms with Crippen LogP contribution >= 0.6 is 27.5 Å². The number of ether oxygens (including phenoxy) is 1. The lowest BCUT2D eigenvalue weighted by Gasteiger charge is -2.14. The van der Waals surface area contributed by atoms with Crippen LogP contribution < -0.4 is 10.6 Å². The van der Waals surface area contributed by atoms with Crippen LogP contribution in [0.5, 0.6) is 0 Å². The summed E-state index contributed by atoms with van der Waals surface area (Å²) in [5.74, 6) is -1.73. The molecule has 0 radical (unpaired) electrons. The van der Waals surface area contributed by atoms with Gasteiger partial charge in [0, 0.05) is 16.2 Å². The number of benzene rings is 1. The lowest BCUT2D eigenvalue weighted by molar-refractivity contribution is -0.152. The first-order valence-corrected chi connectivity index (χ1v) is 8.68. The predicted octanol–water partition coefficient (Wildman–Crippen LogP) is 2.80. The zero-order valence-electron chi connectivity index (χ0n) is 13.7. The fourth-order valence-corrected chi connectivity index (χ4v) is 2.29. The minimum absolute atomic E-state index is 0.126. The van der Waals surface area contributed by atoms with Crippen molar-refractivity contribution in [2.75, 3.05) is 11.9 Å². The second-order valence-corrected chi connectivity index (χ2v) is 6.43. The first kappa shape index (κ1) is 19.9. The number of carbonyl (C=O) groups excluding carboxylic acids is 3. The van der Waals surface area contributed by atoms with E-state index in [0.29, 0.717) is 11.3 Å². The molecule has 1 heterocycles. The van der Waals surface area contributed by atoms with Crippen molar-refractivity contribution in [3.8, 4) is 0 Å². The van der Waals surface area contributed by atoms with E-state index in [4.69, 9.17) is 16.3 Å². The molecule has 1 atom stereocenters. The molecule has 1 aromatic heterocycles. The van der Waals surface area contributed by atoms with Crippen LogP contribution in [0.25, 0.3) is 0 Å². The second kappa shape index (κ2) is 9.30. The molecule has 7 nitrogen and oxygen atoms in total. The Kier molecular flexibility index (Phi) is 7.11. The Morgan fingerprint density at radius 3 is 2.58 bits per heavy atom. The molecule has 0 saturated heterocycles. The third-order valence-electron chi connectivity index (χ3n) is 3.19. The molecule has 0 aliphatic carbocycles. The number of pyridine rings is 1. The molecule has 0 saturated carbocycles. The van der Waals surface area contributed by atoms with E-state index in [0.717, 1.165) is 4.47 Å². The van der Waals surface area contributed by atoms with Gasteiger partial charge in [0.2, 0.25) is 0 Å². The number of aromatic nitrogens is 1. The summed E-state index contributed by atoms with van der Waals surface area (Å²) in [6.07, 6.45) is 0.415. The highest BCUT2D eigenvalue weighted by Crippen LogP contribution is 2.17. The maximum absolute atomic E-state index is 12.0. The number of amides is 2. The molecule has 2 amide bonds. The maximum Gasteiger partial charge on any atom is 0.326 e. The number of carbonyl (C=O) groups is 3. The highest BCUT2D eigenvalue weighted by atomic mass is 79.9. The molecule has 2 rings (SSSR count). The molecular weight excluding hydrogens is 426 g/mol. The summed E-state index contributed by atoms with van der Waals surface area (Å²) < 4.78 is 5.83. The minimum Gasteiger partial charge on any atom is -0.451 e. The molecule has 0 spiro atoms. The zero-order valence-corrected chi connectivity index (χ0v) is 16.0. The third kappa shape index (κ3) is 5.82. The first-order valence-electron chi connectivity index (χ1n) is 7.51. The molecule has 1 unspecified atom stereocenters. The molecule has 0 bridgehead atoms. The average molecular weight is 441 g/mol. The van der Waals surface area contributed by atoms with Crippen molar-refractivity contribution >= 4 is 51.0 Å². The molecule has 0 aliphatic rings. The van der Waals surface area contributed by atoms with Gasteiger partial charge in [-0.2, -0.15) is 0 Å². The molecule has 9 heteroatoms. The van der Waals surface area contributed by atoms with E-state index < -0.39 is 23.9 Å². The van der Waals surface area contributed by atoms with Crippen LogP contribution in [0.2, 0.25) is 5.15 Å². The molecule has 26 heavy (non-hydrogen) atoms. The monoisotopic (exact) mass is 439 g/mol. The van der Waals surface area contributed by atoms with Crippen LogP contribution in [0.15, 0.2) is 47.1 Å². The van der Waals surface area contributed by atoms with Crippen LogP contribution in [-0.2, 0) is 14.3 Å². The third-order valence-corrected chi connectivity index (χ3v) is 4.02. The van der Waals surface area contributed by atoms with Crippen LogP contribution in [0.1, 0.15) is 17.3 Å². The number of rotatable bonds is 6. The standard InChI is InChI=1S/C17H15BrClN3O4/c1-10(16(24)22-13-3-2-8-20-15(13)19)26-14(23)9-21-17(25)11-4-6-12(18)7-5-11/h2-8,10H,9H2,1H3,(H,21,25)(H,22,24). The number of nitrogens with one attached hydrogen (secondary N) is 2. The van der Waals surface area contributed by atoms with Crippen molar-refractivity contribution < 1.29 is 19.1 Å². The summed E-state index contributed by atoms with van der Waals surface area (Å²) in [6.45, 7) is 1.05. The van der Waals surface area contributed by atoms with Gasteiger partial charge in [0.1, 0.15) is 6.54 Å². The average Bonchev–Trinajstić information content (AvgIpc) is 2.62. The largest absolute Gasteiger partial charge is 0.451 e. The maximum atomic E-state index is 12.0. The van der Waals surface area contributed by atoms with Gasteiger partial charge in [0.25, 0.3) is 11.8 Å². The second-order valence-electron chi connectivity index (χ2n) is 5.15. The van der Waals surface area contributed by atoms with Gasteiger partial charge < -0.3 is 15.4 Å². The van der Waals surface area contributed by atoms with Crippen LogP contribution in [0, 0.1) is 0 Å². The van der Waals surface area contributed by atoms with Gasteiger partial charge in [0.05, 0.1) is 5.69 Å². The van der Waals surface area contributed by atoms with Gasteiger partial charge in [-0.1, -0.05) is 27.5 Å². The smallest absolute Gasteiger partial charge is 0.326 e. The molecule has 136 valence electrons. The van der Waals surface area contributed by atoms with Crippen molar-refractivity contribution in [1.29, 1.82) is 0 Å². The number of hydrogen-bond acceptors (Lipinski definition) is 5. The van der Waals surface area contributed by atoms with Crippen LogP contribution in [0.3, 0.4) is 0 Å². The number of hydrogen-bond donors (Lipinski definition) is 2. The Bertz CT molecular complexity index is 814. The van der Waals surface area contributed by atoms with Crippen molar-refractivity contribution in [2.24, 2.45) is 0 Å². The number of nitrogens with zero attached hydrogens (tertiary/aromatic N) is 1. The van der Waals surface area contributed by atoms with Crippen molar-refractivity contribution in [2.45, 2.75) is 13.0 Å². The van der Waals surface area contributed by atoms with Crippen molar-refractivity contribution in [3.05, 3.63) is 57.8 Å². The Morgan fingerprint density at radius 1 is 1.23 bits per heavy atom. The molecule has 0 fully saturated rings. The Hall–Kier alpha value is -2.45. The van der Waals surface area contributed by atoms with Gasteiger partial charge in [-0.05, 0) is 43.3 Å².